The summed E-state index contributed by atoms with van der Waals surface area (Å²) < 4.78 is 11.0. The van der Waals surface area contributed by atoms with Crippen molar-refractivity contribution in [3.63, 3.8) is 0 Å². The second-order valence-electron chi connectivity index (χ2n) is 6.23. The molecule has 0 bridgehead atoms. The van der Waals surface area contributed by atoms with E-state index in [4.69, 9.17) is 9.15 Å². The summed E-state index contributed by atoms with van der Waals surface area (Å²) in [7, 11) is 0. The van der Waals surface area contributed by atoms with Crippen molar-refractivity contribution in [2.24, 2.45) is 0 Å². The van der Waals surface area contributed by atoms with Gasteiger partial charge in [0.15, 0.2) is 4.34 Å². The van der Waals surface area contributed by atoms with Crippen molar-refractivity contribution in [3.8, 4) is 5.75 Å². The summed E-state index contributed by atoms with van der Waals surface area (Å²) in [4.78, 5) is 46.5. The van der Waals surface area contributed by atoms with Gasteiger partial charge in [0.25, 0.3) is 5.69 Å². The molecule has 11 nitrogen and oxygen atoms in total. The van der Waals surface area contributed by atoms with Crippen LogP contribution in [0.2, 0.25) is 0 Å². The SMILES string of the molecule is CCC(=O)Nc1nnc(SCc2cc(=O)c(OC(=O)c3cccc([N+](=O)[O-])c3C)co2)s1. The van der Waals surface area contributed by atoms with E-state index in [1.165, 1.54) is 54.3 Å². The van der Waals surface area contributed by atoms with E-state index in [0.717, 1.165) is 6.26 Å². The normalized spacial score (nSPS) is 10.6. The predicted octanol–water partition coefficient (Wildman–Crippen LogP) is 3.57. The Morgan fingerprint density at radius 3 is 2.81 bits per heavy atom. The van der Waals surface area contributed by atoms with Crippen LogP contribution in [0, 0.1) is 17.0 Å². The van der Waals surface area contributed by atoms with Crippen molar-refractivity contribution in [1.82, 2.24) is 10.2 Å². The third kappa shape index (κ3) is 5.56. The van der Waals surface area contributed by atoms with Crippen molar-refractivity contribution in [3.05, 3.63) is 67.8 Å². The van der Waals surface area contributed by atoms with Gasteiger partial charge in [-0.25, -0.2) is 4.79 Å². The summed E-state index contributed by atoms with van der Waals surface area (Å²) >= 11 is 2.44. The van der Waals surface area contributed by atoms with Crippen LogP contribution in [0.5, 0.6) is 5.75 Å². The van der Waals surface area contributed by atoms with E-state index in [-0.39, 0.29) is 34.2 Å². The number of nitrogens with one attached hydrogen (secondary N) is 1. The number of nitrogens with zero attached hydrogens (tertiary/aromatic N) is 3. The van der Waals surface area contributed by atoms with Crippen LogP contribution < -0.4 is 15.5 Å². The summed E-state index contributed by atoms with van der Waals surface area (Å²) in [5.41, 5.74) is -0.712. The molecule has 0 radical (unpaired) electrons. The molecule has 13 heteroatoms. The highest BCUT2D eigenvalue weighted by Gasteiger charge is 2.20. The molecule has 0 aliphatic carbocycles. The minimum atomic E-state index is -0.906. The van der Waals surface area contributed by atoms with Gasteiger partial charge in [-0.15, -0.1) is 10.2 Å². The van der Waals surface area contributed by atoms with Crippen LogP contribution in [0.25, 0.3) is 0 Å². The van der Waals surface area contributed by atoms with Gasteiger partial charge in [-0.1, -0.05) is 36.1 Å². The number of carbonyl (C=O) groups excluding carboxylic acids is 2. The maximum Gasteiger partial charge on any atom is 0.344 e. The molecule has 1 N–H and O–H groups in total. The van der Waals surface area contributed by atoms with Crippen LogP contribution in [0.1, 0.15) is 35.0 Å². The smallest absolute Gasteiger partial charge is 0.344 e. The van der Waals surface area contributed by atoms with Crippen molar-refractivity contribution in [2.75, 3.05) is 5.32 Å². The number of hydrogen-bond donors (Lipinski definition) is 1. The van der Waals surface area contributed by atoms with Crippen LogP contribution in [0.3, 0.4) is 0 Å². The molecule has 3 aromatic rings. The van der Waals surface area contributed by atoms with Crippen LogP contribution >= 0.6 is 23.1 Å². The Morgan fingerprint density at radius 2 is 2.12 bits per heavy atom. The van der Waals surface area contributed by atoms with E-state index >= 15 is 0 Å². The Bertz CT molecular complexity index is 1240. The second-order valence-corrected chi connectivity index (χ2v) is 8.43. The lowest BCUT2D eigenvalue weighted by Crippen LogP contribution is -2.16. The van der Waals surface area contributed by atoms with Gasteiger partial charge >= 0.3 is 5.97 Å². The molecule has 3 rings (SSSR count). The Balaban J connectivity index is 1.65. The number of anilines is 1. The lowest BCUT2D eigenvalue weighted by molar-refractivity contribution is -0.385. The van der Waals surface area contributed by atoms with Crippen molar-refractivity contribution < 1.29 is 23.7 Å². The van der Waals surface area contributed by atoms with E-state index in [1.54, 1.807) is 6.92 Å². The zero-order valence-electron chi connectivity index (χ0n) is 16.8. The fraction of sp³-hybridized carbons (Fsp3) is 0.211. The summed E-state index contributed by atoms with van der Waals surface area (Å²) in [5, 5.41) is 21.8. The van der Waals surface area contributed by atoms with E-state index in [1.807, 2.05) is 0 Å². The first kappa shape index (κ1) is 23.1. The Kier molecular flexibility index (Phi) is 7.33. The van der Waals surface area contributed by atoms with Crippen molar-refractivity contribution in [2.45, 2.75) is 30.4 Å². The number of benzene rings is 1. The molecule has 2 heterocycles. The van der Waals surface area contributed by atoms with E-state index in [0.29, 0.717) is 21.7 Å². The first-order valence-electron chi connectivity index (χ1n) is 9.12. The summed E-state index contributed by atoms with van der Waals surface area (Å²) in [5.74, 6) is -0.856. The molecular weight excluding hydrogens is 460 g/mol. The molecule has 0 saturated carbocycles. The highest BCUT2D eigenvalue weighted by Crippen LogP contribution is 2.28. The molecule has 0 saturated heterocycles. The summed E-state index contributed by atoms with van der Waals surface area (Å²) in [6.07, 6.45) is 1.33. The van der Waals surface area contributed by atoms with E-state index < -0.39 is 16.3 Å². The third-order valence-electron chi connectivity index (χ3n) is 4.09. The molecule has 0 spiro atoms. The van der Waals surface area contributed by atoms with Crippen LogP contribution in [0.4, 0.5) is 10.8 Å². The number of hydrogen-bond acceptors (Lipinski definition) is 11. The molecule has 1 amide bonds. The summed E-state index contributed by atoms with van der Waals surface area (Å²) in [6, 6.07) is 5.18. The average molecular weight is 476 g/mol. The molecule has 2 aromatic heterocycles. The highest BCUT2D eigenvalue weighted by molar-refractivity contribution is 8.00. The number of ether oxygens (including phenoxy) is 1. The fourth-order valence-corrected chi connectivity index (χ4v) is 4.10. The number of aromatic nitrogens is 2. The van der Waals surface area contributed by atoms with Crippen molar-refractivity contribution >= 4 is 45.8 Å². The van der Waals surface area contributed by atoms with Crippen molar-refractivity contribution in [1.29, 1.82) is 0 Å². The van der Waals surface area contributed by atoms with Gasteiger partial charge in [0, 0.05) is 24.1 Å². The molecule has 0 unspecified atom stereocenters. The maximum absolute atomic E-state index is 12.4. The highest BCUT2D eigenvalue weighted by atomic mass is 32.2. The number of carbonyl (C=O) groups is 2. The lowest BCUT2D eigenvalue weighted by atomic mass is 10.1. The zero-order valence-corrected chi connectivity index (χ0v) is 18.4. The van der Waals surface area contributed by atoms with Crippen LogP contribution in [-0.2, 0) is 10.5 Å². The number of nitro benzene ring substituents is 1. The van der Waals surface area contributed by atoms with Gasteiger partial charge in [-0.05, 0) is 13.0 Å². The van der Waals surface area contributed by atoms with Gasteiger partial charge in [-0.3, -0.25) is 19.7 Å². The number of rotatable bonds is 8. The molecule has 0 aliphatic rings. The largest absolute Gasteiger partial charge is 0.464 e. The lowest BCUT2D eigenvalue weighted by Gasteiger charge is -2.07. The van der Waals surface area contributed by atoms with Gasteiger partial charge in [-0.2, -0.15) is 0 Å². The Hall–Kier alpha value is -3.58. The maximum atomic E-state index is 12.4. The number of esters is 1. The number of thioether (sulfide) groups is 1. The van der Waals surface area contributed by atoms with Crippen LogP contribution in [0.15, 0.2) is 44.1 Å². The predicted molar refractivity (Wildman–Crippen MR) is 116 cm³/mol. The van der Waals surface area contributed by atoms with E-state index in [9.17, 15) is 24.5 Å². The van der Waals surface area contributed by atoms with Gasteiger partial charge in [0.05, 0.1) is 16.2 Å². The molecular formula is C19H16N4O7S2. The molecule has 32 heavy (non-hydrogen) atoms. The van der Waals surface area contributed by atoms with Crippen LogP contribution in [-0.4, -0.2) is 27.0 Å². The first-order chi connectivity index (χ1) is 15.3. The Morgan fingerprint density at radius 1 is 1.34 bits per heavy atom. The topological polar surface area (TPSA) is 155 Å². The minimum absolute atomic E-state index is 0.0273. The molecule has 0 fully saturated rings. The fourth-order valence-electron chi connectivity index (χ4n) is 2.45. The molecule has 166 valence electrons. The minimum Gasteiger partial charge on any atom is -0.464 e. The van der Waals surface area contributed by atoms with Gasteiger partial charge < -0.3 is 14.5 Å². The standard InChI is InChI=1S/C19H16N4O7S2/c1-3-16(25)20-18-21-22-19(32-18)31-9-11-7-14(24)15(8-29-11)30-17(26)12-5-4-6-13(10(12)2)23(27)28/h4-8H,3,9H2,1-2H3,(H,20,21,25). The summed E-state index contributed by atoms with van der Waals surface area (Å²) in [6.45, 7) is 3.14. The molecule has 0 atom stereocenters. The average Bonchev–Trinajstić information content (AvgIpc) is 3.20. The third-order valence-corrected chi connectivity index (χ3v) is 6.08. The monoisotopic (exact) mass is 476 g/mol. The quantitative estimate of drug-likeness (QED) is 0.168. The van der Waals surface area contributed by atoms with E-state index in [2.05, 4.69) is 15.5 Å². The van der Waals surface area contributed by atoms with Gasteiger partial charge in [0.1, 0.15) is 12.0 Å². The van der Waals surface area contributed by atoms with Gasteiger partial charge in [0.2, 0.25) is 22.2 Å². The second kappa shape index (κ2) is 10.2. The molecule has 0 aliphatic heterocycles. The molecule has 1 aromatic carbocycles. The number of amides is 1. The number of nitro groups is 1. The Labute approximate surface area is 189 Å². The first-order valence-corrected chi connectivity index (χ1v) is 10.9. The zero-order chi connectivity index (χ0) is 23.3.